The molecule has 2 aliphatic rings. The van der Waals surface area contributed by atoms with E-state index >= 15 is 0 Å². The summed E-state index contributed by atoms with van der Waals surface area (Å²) in [6.07, 6.45) is 5.54. The lowest BCUT2D eigenvalue weighted by atomic mass is 9.80. The molecule has 0 spiro atoms. The predicted molar refractivity (Wildman–Crippen MR) is 91.8 cm³/mol. The maximum Gasteiger partial charge on any atom is 0.270 e. The molecule has 1 aromatic carbocycles. The summed E-state index contributed by atoms with van der Waals surface area (Å²) in [7, 11) is 0. The van der Waals surface area contributed by atoms with E-state index in [-0.39, 0.29) is 17.0 Å². The SMILES string of the molecule is O=C(c1cc2c(F)cc(F)cc2[nH]1)N1CCn2ncc(C3CCC3)c2C1. The van der Waals surface area contributed by atoms with Gasteiger partial charge in [-0.15, -0.1) is 0 Å². The molecule has 26 heavy (non-hydrogen) atoms. The number of aromatic amines is 1. The number of H-pyrrole nitrogens is 1. The van der Waals surface area contributed by atoms with E-state index in [2.05, 4.69) is 10.1 Å². The van der Waals surface area contributed by atoms with E-state index in [0.29, 0.717) is 31.1 Å². The van der Waals surface area contributed by atoms with Crippen LogP contribution in [-0.4, -0.2) is 32.1 Å². The molecule has 0 unspecified atom stereocenters. The Hall–Kier alpha value is -2.70. The number of hydrogen-bond acceptors (Lipinski definition) is 2. The molecule has 1 aliphatic carbocycles. The van der Waals surface area contributed by atoms with Gasteiger partial charge in [0.25, 0.3) is 5.91 Å². The predicted octanol–water partition coefficient (Wildman–Crippen LogP) is 3.57. The Bertz CT molecular complexity index is 1020. The number of halogens is 2. The number of nitrogens with zero attached hydrogens (tertiary/aromatic N) is 3. The van der Waals surface area contributed by atoms with Crippen LogP contribution in [0, 0.1) is 11.6 Å². The van der Waals surface area contributed by atoms with Crippen molar-refractivity contribution in [1.82, 2.24) is 19.7 Å². The molecule has 1 amide bonds. The number of amides is 1. The Balaban J connectivity index is 1.45. The summed E-state index contributed by atoms with van der Waals surface area (Å²) in [4.78, 5) is 17.5. The van der Waals surface area contributed by atoms with Gasteiger partial charge in [-0.25, -0.2) is 8.78 Å². The van der Waals surface area contributed by atoms with Crippen molar-refractivity contribution in [1.29, 1.82) is 0 Å². The fourth-order valence-electron chi connectivity index (χ4n) is 3.95. The fraction of sp³-hybridized carbons (Fsp3) is 0.368. The van der Waals surface area contributed by atoms with Crippen LogP contribution in [0.2, 0.25) is 0 Å². The Morgan fingerprint density at radius 2 is 2.04 bits per heavy atom. The number of rotatable bonds is 2. The second kappa shape index (κ2) is 5.65. The molecule has 1 saturated carbocycles. The highest BCUT2D eigenvalue weighted by Crippen LogP contribution is 2.38. The van der Waals surface area contributed by atoms with Crippen LogP contribution in [-0.2, 0) is 13.1 Å². The van der Waals surface area contributed by atoms with Gasteiger partial charge in [0.15, 0.2) is 0 Å². The van der Waals surface area contributed by atoms with Gasteiger partial charge in [0.2, 0.25) is 0 Å². The third-order valence-electron chi connectivity index (χ3n) is 5.62. The molecule has 5 nitrogen and oxygen atoms in total. The highest BCUT2D eigenvalue weighted by Gasteiger charge is 2.30. The molecule has 1 N–H and O–H groups in total. The van der Waals surface area contributed by atoms with E-state index in [1.54, 1.807) is 4.90 Å². The number of fused-ring (bicyclic) bond motifs is 2. The quantitative estimate of drug-likeness (QED) is 0.763. The minimum absolute atomic E-state index is 0.201. The number of carbonyl (C=O) groups excluding carboxylic acids is 1. The van der Waals surface area contributed by atoms with Crippen LogP contribution >= 0.6 is 0 Å². The Labute approximate surface area is 148 Å². The second-order valence-electron chi connectivity index (χ2n) is 7.16. The molecule has 5 rings (SSSR count). The van der Waals surface area contributed by atoms with Crippen LogP contribution in [0.15, 0.2) is 24.4 Å². The maximum absolute atomic E-state index is 13.9. The lowest BCUT2D eigenvalue weighted by Gasteiger charge is -2.31. The van der Waals surface area contributed by atoms with E-state index in [1.807, 2.05) is 10.9 Å². The molecule has 0 bridgehead atoms. The monoisotopic (exact) mass is 356 g/mol. The zero-order valence-corrected chi connectivity index (χ0v) is 14.1. The average molecular weight is 356 g/mol. The molecule has 0 saturated heterocycles. The molecule has 1 aliphatic heterocycles. The Morgan fingerprint density at radius 3 is 2.81 bits per heavy atom. The van der Waals surface area contributed by atoms with Gasteiger partial charge in [-0.2, -0.15) is 5.10 Å². The summed E-state index contributed by atoms with van der Waals surface area (Å²) in [5.74, 6) is -0.978. The van der Waals surface area contributed by atoms with Gasteiger partial charge in [-0.3, -0.25) is 9.48 Å². The van der Waals surface area contributed by atoms with Gasteiger partial charge in [0.1, 0.15) is 17.3 Å². The molecule has 2 aromatic heterocycles. The second-order valence-corrected chi connectivity index (χ2v) is 7.16. The molecule has 1 fully saturated rings. The van der Waals surface area contributed by atoms with Crippen molar-refractivity contribution in [2.24, 2.45) is 0 Å². The zero-order valence-electron chi connectivity index (χ0n) is 14.1. The molecule has 3 heterocycles. The van der Waals surface area contributed by atoms with Crippen molar-refractivity contribution in [3.05, 3.63) is 53.0 Å². The van der Waals surface area contributed by atoms with Crippen LogP contribution in [0.25, 0.3) is 10.9 Å². The van der Waals surface area contributed by atoms with Gasteiger partial charge in [0.05, 0.1) is 30.5 Å². The third kappa shape index (κ3) is 2.34. The van der Waals surface area contributed by atoms with Crippen molar-refractivity contribution in [2.75, 3.05) is 6.54 Å². The molecule has 7 heteroatoms. The van der Waals surface area contributed by atoms with E-state index in [0.717, 1.165) is 11.8 Å². The van der Waals surface area contributed by atoms with Crippen molar-refractivity contribution in [3.63, 3.8) is 0 Å². The molecular weight excluding hydrogens is 338 g/mol. The van der Waals surface area contributed by atoms with Gasteiger partial charge < -0.3 is 9.88 Å². The normalized spacial score (nSPS) is 17.4. The summed E-state index contributed by atoms with van der Waals surface area (Å²) in [6, 6.07) is 3.50. The largest absolute Gasteiger partial charge is 0.350 e. The summed E-state index contributed by atoms with van der Waals surface area (Å²) in [5.41, 5.74) is 2.92. The summed E-state index contributed by atoms with van der Waals surface area (Å²) < 4.78 is 29.3. The number of carbonyl (C=O) groups is 1. The van der Waals surface area contributed by atoms with E-state index < -0.39 is 11.6 Å². The number of nitrogens with one attached hydrogen (secondary N) is 1. The number of aromatic nitrogens is 3. The smallest absolute Gasteiger partial charge is 0.270 e. The van der Waals surface area contributed by atoms with E-state index in [9.17, 15) is 13.6 Å². The lowest BCUT2D eigenvalue weighted by Crippen LogP contribution is -2.39. The minimum Gasteiger partial charge on any atom is -0.350 e. The van der Waals surface area contributed by atoms with Crippen molar-refractivity contribution in [3.8, 4) is 0 Å². The molecule has 134 valence electrons. The summed E-state index contributed by atoms with van der Waals surface area (Å²) in [6.45, 7) is 1.69. The van der Waals surface area contributed by atoms with Crippen molar-refractivity contribution < 1.29 is 13.6 Å². The van der Waals surface area contributed by atoms with Gasteiger partial charge in [0, 0.05) is 18.0 Å². The average Bonchev–Trinajstić information content (AvgIpc) is 3.17. The maximum atomic E-state index is 13.9. The number of hydrogen-bond donors (Lipinski definition) is 1. The topological polar surface area (TPSA) is 53.9 Å². The van der Waals surface area contributed by atoms with Crippen molar-refractivity contribution in [2.45, 2.75) is 38.3 Å². The zero-order chi connectivity index (χ0) is 17.8. The molecule has 3 aromatic rings. The van der Waals surface area contributed by atoms with Crippen LogP contribution in [0.4, 0.5) is 8.78 Å². The molecular formula is C19H18F2N4O. The highest BCUT2D eigenvalue weighted by molar-refractivity contribution is 5.98. The molecule has 0 atom stereocenters. The van der Waals surface area contributed by atoms with Crippen LogP contribution in [0.1, 0.15) is 46.9 Å². The molecule has 0 radical (unpaired) electrons. The number of benzene rings is 1. The first-order valence-corrected chi connectivity index (χ1v) is 8.92. The first kappa shape index (κ1) is 15.5. The van der Waals surface area contributed by atoms with Crippen LogP contribution < -0.4 is 0 Å². The first-order valence-electron chi connectivity index (χ1n) is 8.92. The Kier molecular flexibility index (Phi) is 3.38. The van der Waals surface area contributed by atoms with E-state index in [1.165, 1.54) is 37.0 Å². The van der Waals surface area contributed by atoms with Gasteiger partial charge in [-0.1, -0.05) is 6.42 Å². The standard InChI is InChI=1S/C19H18F2N4O/c20-12-6-15(21)13-8-17(23-16(13)7-12)19(26)24-4-5-25-18(10-24)14(9-22-25)11-2-1-3-11/h6-9,11,23H,1-5,10H2. The highest BCUT2D eigenvalue weighted by atomic mass is 19.1. The van der Waals surface area contributed by atoms with Gasteiger partial charge in [-0.05, 0) is 36.5 Å². The third-order valence-corrected chi connectivity index (χ3v) is 5.62. The minimum atomic E-state index is -0.667. The van der Waals surface area contributed by atoms with Crippen LogP contribution in [0.3, 0.4) is 0 Å². The van der Waals surface area contributed by atoms with Crippen LogP contribution in [0.5, 0.6) is 0 Å². The summed E-state index contributed by atoms with van der Waals surface area (Å²) >= 11 is 0. The lowest BCUT2D eigenvalue weighted by molar-refractivity contribution is 0.0699. The Morgan fingerprint density at radius 1 is 1.19 bits per heavy atom. The van der Waals surface area contributed by atoms with E-state index in [4.69, 9.17) is 0 Å². The first-order chi connectivity index (χ1) is 12.6. The van der Waals surface area contributed by atoms with Crippen molar-refractivity contribution >= 4 is 16.8 Å². The fourth-order valence-corrected chi connectivity index (χ4v) is 3.95. The summed E-state index contributed by atoms with van der Waals surface area (Å²) in [5, 5.41) is 4.69. The van der Waals surface area contributed by atoms with Gasteiger partial charge >= 0.3 is 0 Å².